The van der Waals surface area contributed by atoms with Gasteiger partial charge in [-0.2, -0.15) is 0 Å². The van der Waals surface area contributed by atoms with Gasteiger partial charge in [-0.05, 0) is 24.6 Å². The van der Waals surface area contributed by atoms with Crippen LogP contribution < -0.4 is 15.0 Å². The highest BCUT2D eigenvalue weighted by Gasteiger charge is 2.20. The van der Waals surface area contributed by atoms with E-state index in [0.29, 0.717) is 44.8 Å². The fraction of sp³-hybridized carbons (Fsp3) is 0.318. The van der Waals surface area contributed by atoms with E-state index in [4.69, 9.17) is 26.1 Å². The zero-order valence-electron chi connectivity index (χ0n) is 17.9. The summed E-state index contributed by atoms with van der Waals surface area (Å²) in [6, 6.07) is 6.56. The number of aliphatic hydroxyl groups excluding tert-OH is 1. The summed E-state index contributed by atoms with van der Waals surface area (Å²) in [4.78, 5) is 22.8. The Morgan fingerprint density at radius 2 is 1.91 bits per heavy atom. The van der Waals surface area contributed by atoms with Gasteiger partial charge in [0.25, 0.3) is 5.56 Å². The Morgan fingerprint density at radius 3 is 2.59 bits per heavy atom. The molecule has 0 amide bonds. The van der Waals surface area contributed by atoms with Crippen LogP contribution in [0.25, 0.3) is 16.6 Å². The molecule has 0 saturated carbocycles. The molecule has 32 heavy (non-hydrogen) atoms. The van der Waals surface area contributed by atoms with Gasteiger partial charge in [0.2, 0.25) is 0 Å². The zero-order chi connectivity index (χ0) is 22.8. The predicted octanol–water partition coefficient (Wildman–Crippen LogP) is 3.95. The van der Waals surface area contributed by atoms with Gasteiger partial charge in [0.1, 0.15) is 5.65 Å². The fourth-order valence-corrected chi connectivity index (χ4v) is 4.67. The standard InChI is InChI=1S/C22H23ClN4O4S/c1-4-15(11-28)27-21(29)16-7-18(30-2)19(31-3)8-17(16)25-22(27)32-12-14-10-26-9-13(23)5-6-20(26)24-14/h5-10,15,28H,4,11-12H2,1-3H3/t15-/m0/s1. The molecule has 1 N–H and O–H groups in total. The Balaban J connectivity index is 1.79. The van der Waals surface area contributed by atoms with E-state index in [1.807, 2.05) is 23.6 Å². The molecular weight excluding hydrogens is 452 g/mol. The summed E-state index contributed by atoms with van der Waals surface area (Å²) >= 11 is 7.45. The number of thioether (sulfide) groups is 1. The normalized spacial score (nSPS) is 12.4. The number of imidazole rings is 1. The number of ether oxygens (including phenoxy) is 2. The zero-order valence-corrected chi connectivity index (χ0v) is 19.5. The number of pyridine rings is 1. The molecule has 0 aliphatic rings. The molecule has 8 nitrogen and oxygen atoms in total. The molecule has 3 heterocycles. The molecular formula is C22H23ClN4O4S. The number of hydrogen-bond acceptors (Lipinski definition) is 7. The van der Waals surface area contributed by atoms with Crippen molar-refractivity contribution in [2.24, 2.45) is 0 Å². The van der Waals surface area contributed by atoms with E-state index in [-0.39, 0.29) is 12.2 Å². The van der Waals surface area contributed by atoms with Crippen LogP contribution >= 0.6 is 23.4 Å². The van der Waals surface area contributed by atoms with E-state index in [9.17, 15) is 9.90 Å². The minimum atomic E-state index is -0.394. The molecule has 0 fully saturated rings. The van der Waals surface area contributed by atoms with Crippen molar-refractivity contribution in [1.29, 1.82) is 0 Å². The SMILES string of the molecule is CC[C@@H](CO)n1c(SCc2cn3cc(Cl)ccc3n2)nc2cc(OC)c(OC)cc2c1=O. The van der Waals surface area contributed by atoms with Crippen LogP contribution in [0.2, 0.25) is 5.02 Å². The summed E-state index contributed by atoms with van der Waals surface area (Å²) in [5, 5.41) is 11.5. The van der Waals surface area contributed by atoms with Crippen LogP contribution in [0.3, 0.4) is 0 Å². The van der Waals surface area contributed by atoms with E-state index in [0.717, 1.165) is 11.3 Å². The number of benzene rings is 1. The highest BCUT2D eigenvalue weighted by atomic mass is 35.5. The first-order valence-electron chi connectivity index (χ1n) is 10.0. The Hall–Kier alpha value is -2.75. The monoisotopic (exact) mass is 474 g/mol. The van der Waals surface area contributed by atoms with Gasteiger partial charge < -0.3 is 19.0 Å². The van der Waals surface area contributed by atoms with Gasteiger partial charge in [0.15, 0.2) is 16.7 Å². The molecule has 0 bridgehead atoms. The van der Waals surface area contributed by atoms with Crippen LogP contribution in [0, 0.1) is 0 Å². The van der Waals surface area contributed by atoms with Crippen molar-refractivity contribution >= 4 is 39.9 Å². The van der Waals surface area contributed by atoms with Crippen molar-refractivity contribution in [1.82, 2.24) is 18.9 Å². The van der Waals surface area contributed by atoms with Crippen LogP contribution in [-0.2, 0) is 5.75 Å². The quantitative estimate of drug-likeness (QED) is 0.305. The largest absolute Gasteiger partial charge is 0.493 e. The van der Waals surface area contributed by atoms with E-state index in [1.165, 1.54) is 26.0 Å². The van der Waals surface area contributed by atoms with Crippen molar-refractivity contribution in [2.75, 3.05) is 20.8 Å². The number of nitrogens with zero attached hydrogens (tertiary/aromatic N) is 4. The third-order valence-electron chi connectivity index (χ3n) is 5.23. The molecule has 10 heteroatoms. The van der Waals surface area contributed by atoms with Crippen LogP contribution in [0.1, 0.15) is 25.1 Å². The van der Waals surface area contributed by atoms with Crippen LogP contribution in [0.15, 0.2) is 46.6 Å². The molecule has 3 aromatic heterocycles. The molecule has 0 aliphatic heterocycles. The number of hydrogen-bond donors (Lipinski definition) is 1. The molecule has 4 rings (SSSR count). The Bertz CT molecular complexity index is 1330. The van der Waals surface area contributed by atoms with Crippen molar-refractivity contribution in [2.45, 2.75) is 30.3 Å². The Morgan fingerprint density at radius 1 is 1.16 bits per heavy atom. The molecule has 0 radical (unpaired) electrons. The molecule has 1 aromatic carbocycles. The molecule has 168 valence electrons. The summed E-state index contributed by atoms with van der Waals surface area (Å²) < 4.78 is 14.1. The second-order valence-electron chi connectivity index (χ2n) is 7.17. The first-order valence-corrected chi connectivity index (χ1v) is 11.4. The van der Waals surface area contributed by atoms with Crippen LogP contribution in [-0.4, -0.2) is 44.9 Å². The number of methoxy groups -OCH3 is 2. The first-order chi connectivity index (χ1) is 15.5. The Labute approximate surface area is 193 Å². The molecule has 0 saturated heterocycles. The molecule has 0 unspecified atom stereocenters. The van der Waals surface area contributed by atoms with Crippen molar-refractivity contribution < 1.29 is 14.6 Å². The second kappa shape index (κ2) is 9.40. The number of rotatable bonds is 8. The molecule has 1 atom stereocenters. The summed E-state index contributed by atoms with van der Waals surface area (Å²) in [6.07, 6.45) is 4.27. The maximum Gasteiger partial charge on any atom is 0.262 e. The van der Waals surface area contributed by atoms with Gasteiger partial charge in [-0.15, -0.1) is 0 Å². The lowest BCUT2D eigenvalue weighted by molar-refractivity contribution is 0.213. The smallest absolute Gasteiger partial charge is 0.262 e. The van der Waals surface area contributed by atoms with Crippen molar-refractivity contribution in [3.8, 4) is 11.5 Å². The molecule has 0 spiro atoms. The molecule has 4 aromatic rings. The number of fused-ring (bicyclic) bond motifs is 2. The lowest BCUT2D eigenvalue weighted by atomic mass is 10.2. The van der Waals surface area contributed by atoms with E-state index >= 15 is 0 Å². The summed E-state index contributed by atoms with van der Waals surface area (Å²) in [5.74, 6) is 1.44. The molecule has 0 aliphatic carbocycles. The van der Waals surface area contributed by atoms with Gasteiger partial charge in [-0.1, -0.05) is 30.3 Å². The summed E-state index contributed by atoms with van der Waals surface area (Å²) in [6.45, 7) is 1.75. The highest BCUT2D eigenvalue weighted by molar-refractivity contribution is 7.98. The van der Waals surface area contributed by atoms with Crippen molar-refractivity contribution in [3.63, 3.8) is 0 Å². The lowest BCUT2D eigenvalue weighted by Crippen LogP contribution is -2.29. The number of aromatic nitrogens is 4. The van der Waals surface area contributed by atoms with Crippen LogP contribution in [0.5, 0.6) is 11.5 Å². The second-order valence-corrected chi connectivity index (χ2v) is 8.55. The average Bonchev–Trinajstić information content (AvgIpc) is 3.21. The Kier molecular flexibility index (Phi) is 6.59. The third kappa shape index (κ3) is 4.15. The summed E-state index contributed by atoms with van der Waals surface area (Å²) in [7, 11) is 3.06. The van der Waals surface area contributed by atoms with Gasteiger partial charge in [0.05, 0.1) is 48.5 Å². The van der Waals surface area contributed by atoms with Crippen molar-refractivity contribution in [3.05, 3.63) is 57.7 Å². The third-order valence-corrected chi connectivity index (χ3v) is 6.44. The minimum absolute atomic E-state index is 0.169. The van der Waals surface area contributed by atoms with E-state index < -0.39 is 6.04 Å². The lowest BCUT2D eigenvalue weighted by Gasteiger charge is -2.20. The van der Waals surface area contributed by atoms with Gasteiger partial charge in [0, 0.05) is 24.2 Å². The van der Waals surface area contributed by atoms with Gasteiger partial charge in [-0.25, -0.2) is 9.97 Å². The average molecular weight is 475 g/mol. The summed E-state index contributed by atoms with van der Waals surface area (Å²) in [5.41, 5.74) is 1.87. The van der Waals surface area contributed by atoms with Gasteiger partial charge >= 0.3 is 0 Å². The maximum atomic E-state index is 13.4. The number of aliphatic hydroxyl groups is 1. The topological polar surface area (TPSA) is 90.9 Å². The fourth-order valence-electron chi connectivity index (χ4n) is 3.55. The van der Waals surface area contributed by atoms with Gasteiger partial charge in [-0.3, -0.25) is 9.36 Å². The number of halogens is 1. The maximum absolute atomic E-state index is 13.4. The highest BCUT2D eigenvalue weighted by Crippen LogP contribution is 2.32. The minimum Gasteiger partial charge on any atom is -0.493 e. The van der Waals surface area contributed by atoms with E-state index in [2.05, 4.69) is 4.98 Å². The first kappa shape index (κ1) is 22.4. The predicted molar refractivity (Wildman–Crippen MR) is 125 cm³/mol. The van der Waals surface area contributed by atoms with E-state index in [1.54, 1.807) is 29.0 Å². The van der Waals surface area contributed by atoms with Crippen LogP contribution in [0.4, 0.5) is 0 Å².